The van der Waals surface area contributed by atoms with Gasteiger partial charge >= 0.3 is 0 Å². The van der Waals surface area contributed by atoms with Crippen LogP contribution in [0.2, 0.25) is 5.02 Å². The van der Waals surface area contributed by atoms with Gasteiger partial charge in [0.05, 0.1) is 5.69 Å². The van der Waals surface area contributed by atoms with Crippen LogP contribution in [0.25, 0.3) is 0 Å². The van der Waals surface area contributed by atoms with E-state index in [-0.39, 0.29) is 0 Å². The number of unbranched alkanes of at least 4 members (excludes halogenated alkanes) is 1. The molecule has 0 spiro atoms. The molecule has 98 valence electrons. The van der Waals surface area contributed by atoms with Gasteiger partial charge in [-0.3, -0.25) is 0 Å². The third kappa shape index (κ3) is 3.48. The minimum atomic E-state index is 0.736. The minimum absolute atomic E-state index is 0.736. The van der Waals surface area contributed by atoms with Gasteiger partial charge in [0, 0.05) is 29.0 Å². The third-order valence-corrected chi connectivity index (χ3v) is 4.00. The van der Waals surface area contributed by atoms with Crippen molar-refractivity contribution in [3.63, 3.8) is 0 Å². The van der Waals surface area contributed by atoms with Crippen LogP contribution in [0.3, 0.4) is 0 Å². The van der Waals surface area contributed by atoms with Gasteiger partial charge in [0.2, 0.25) is 0 Å². The van der Waals surface area contributed by atoms with E-state index in [1.807, 2.05) is 18.2 Å². The van der Waals surface area contributed by atoms with E-state index >= 15 is 0 Å². The molecule has 1 aromatic rings. The van der Waals surface area contributed by atoms with E-state index in [0.29, 0.717) is 0 Å². The summed E-state index contributed by atoms with van der Waals surface area (Å²) in [5.74, 6) is 1.21. The molecule has 0 aromatic heterocycles. The first kappa shape index (κ1) is 13.9. The first-order chi connectivity index (χ1) is 8.70. The lowest BCUT2D eigenvalue weighted by Crippen LogP contribution is -2.25. The molecule has 0 atom stereocenters. The van der Waals surface area contributed by atoms with E-state index in [4.69, 9.17) is 16.6 Å². The van der Waals surface area contributed by atoms with Crippen molar-refractivity contribution in [3.05, 3.63) is 27.7 Å². The van der Waals surface area contributed by atoms with Crippen LogP contribution in [0.15, 0.2) is 27.7 Å². The fourth-order valence-electron chi connectivity index (χ4n) is 2.14. The SMILES string of the molecule is CCCCN1CCCC1=Nc1ccc(Cl)cc1Br. The van der Waals surface area contributed by atoms with Crippen molar-refractivity contribution in [2.45, 2.75) is 32.6 Å². The number of likely N-dealkylation sites (tertiary alicyclic amines) is 1. The van der Waals surface area contributed by atoms with E-state index in [2.05, 4.69) is 27.8 Å². The average Bonchev–Trinajstić information content (AvgIpc) is 2.77. The van der Waals surface area contributed by atoms with E-state index in [0.717, 1.165) is 34.7 Å². The lowest BCUT2D eigenvalue weighted by atomic mass is 10.3. The Kier molecular flexibility index (Phi) is 5.07. The standard InChI is InChI=1S/C14H18BrClN2/c1-2-3-8-18-9-4-5-14(18)17-13-7-6-11(16)10-12(13)15/h6-7,10H,2-5,8-9H2,1H3. The van der Waals surface area contributed by atoms with Crippen LogP contribution in [0, 0.1) is 0 Å². The largest absolute Gasteiger partial charge is 0.360 e. The van der Waals surface area contributed by atoms with E-state index in [1.165, 1.54) is 25.1 Å². The van der Waals surface area contributed by atoms with Crippen LogP contribution in [-0.4, -0.2) is 23.8 Å². The number of aliphatic imine (C=N–C) groups is 1. The molecule has 0 bridgehead atoms. The first-order valence-electron chi connectivity index (χ1n) is 6.48. The van der Waals surface area contributed by atoms with Gasteiger partial charge in [-0.25, -0.2) is 4.99 Å². The highest BCUT2D eigenvalue weighted by Crippen LogP contribution is 2.29. The zero-order valence-electron chi connectivity index (χ0n) is 10.6. The Bertz CT molecular complexity index is 445. The second-order valence-corrected chi connectivity index (χ2v) is 5.86. The highest BCUT2D eigenvalue weighted by Gasteiger charge is 2.18. The number of rotatable bonds is 4. The summed E-state index contributed by atoms with van der Waals surface area (Å²) < 4.78 is 0.963. The normalized spacial score (nSPS) is 17.7. The van der Waals surface area contributed by atoms with Gasteiger partial charge in [0.25, 0.3) is 0 Å². The van der Waals surface area contributed by atoms with Gasteiger partial charge < -0.3 is 4.90 Å². The van der Waals surface area contributed by atoms with E-state index in [1.54, 1.807) is 0 Å². The van der Waals surface area contributed by atoms with Crippen molar-refractivity contribution >= 4 is 39.1 Å². The molecule has 1 aliphatic rings. The Morgan fingerprint density at radius 2 is 2.28 bits per heavy atom. The van der Waals surface area contributed by atoms with Crippen molar-refractivity contribution in [2.24, 2.45) is 4.99 Å². The molecule has 2 rings (SSSR count). The summed E-state index contributed by atoms with van der Waals surface area (Å²) in [6.45, 7) is 4.49. The third-order valence-electron chi connectivity index (χ3n) is 3.13. The summed E-state index contributed by atoms with van der Waals surface area (Å²) in [6.07, 6.45) is 4.77. The Morgan fingerprint density at radius 3 is 3.00 bits per heavy atom. The molecule has 18 heavy (non-hydrogen) atoms. The van der Waals surface area contributed by atoms with Crippen molar-refractivity contribution < 1.29 is 0 Å². The molecule has 0 N–H and O–H groups in total. The average molecular weight is 330 g/mol. The van der Waals surface area contributed by atoms with Crippen LogP contribution in [0.1, 0.15) is 32.6 Å². The van der Waals surface area contributed by atoms with Crippen LogP contribution < -0.4 is 0 Å². The molecule has 0 amide bonds. The van der Waals surface area contributed by atoms with Gasteiger partial charge in [-0.05, 0) is 47.0 Å². The molecule has 1 heterocycles. The summed E-state index contributed by atoms with van der Waals surface area (Å²) in [6, 6.07) is 5.75. The highest BCUT2D eigenvalue weighted by molar-refractivity contribution is 9.10. The predicted molar refractivity (Wildman–Crippen MR) is 82.0 cm³/mol. The molecule has 0 unspecified atom stereocenters. The molecule has 2 nitrogen and oxygen atoms in total. The number of nitrogens with zero attached hydrogens (tertiary/aromatic N) is 2. The van der Waals surface area contributed by atoms with Gasteiger partial charge in [0.15, 0.2) is 0 Å². The first-order valence-corrected chi connectivity index (χ1v) is 7.65. The van der Waals surface area contributed by atoms with Gasteiger partial charge in [0.1, 0.15) is 5.84 Å². The number of amidine groups is 1. The highest BCUT2D eigenvalue weighted by atomic mass is 79.9. The monoisotopic (exact) mass is 328 g/mol. The molecule has 1 aliphatic heterocycles. The van der Waals surface area contributed by atoms with Crippen LogP contribution in [0.4, 0.5) is 5.69 Å². The number of halogens is 2. The molecule has 1 fully saturated rings. The summed E-state index contributed by atoms with van der Waals surface area (Å²) >= 11 is 9.46. The molecule has 1 aromatic carbocycles. The maximum Gasteiger partial charge on any atom is 0.105 e. The summed E-state index contributed by atoms with van der Waals surface area (Å²) in [4.78, 5) is 7.18. The molecule has 4 heteroatoms. The lowest BCUT2D eigenvalue weighted by molar-refractivity contribution is 0.440. The second-order valence-electron chi connectivity index (χ2n) is 4.57. The van der Waals surface area contributed by atoms with Crippen molar-refractivity contribution in [3.8, 4) is 0 Å². The van der Waals surface area contributed by atoms with Gasteiger partial charge in [-0.15, -0.1) is 0 Å². The van der Waals surface area contributed by atoms with Gasteiger partial charge in [-0.1, -0.05) is 24.9 Å². The second kappa shape index (κ2) is 6.58. The van der Waals surface area contributed by atoms with Crippen molar-refractivity contribution in [2.75, 3.05) is 13.1 Å². The summed E-state index contributed by atoms with van der Waals surface area (Å²) in [7, 11) is 0. The Hall–Kier alpha value is -0.540. The van der Waals surface area contributed by atoms with Crippen molar-refractivity contribution in [1.82, 2.24) is 4.90 Å². The topological polar surface area (TPSA) is 15.6 Å². The van der Waals surface area contributed by atoms with Crippen molar-refractivity contribution in [1.29, 1.82) is 0 Å². The number of hydrogen-bond acceptors (Lipinski definition) is 1. The van der Waals surface area contributed by atoms with E-state index < -0.39 is 0 Å². The summed E-state index contributed by atoms with van der Waals surface area (Å²) in [5.41, 5.74) is 0.970. The van der Waals surface area contributed by atoms with Crippen LogP contribution in [0.5, 0.6) is 0 Å². The van der Waals surface area contributed by atoms with Crippen LogP contribution in [-0.2, 0) is 0 Å². The molecule has 0 saturated carbocycles. The Labute approximate surface area is 122 Å². The molecule has 1 saturated heterocycles. The fourth-order valence-corrected chi connectivity index (χ4v) is 2.91. The molecule has 0 aliphatic carbocycles. The summed E-state index contributed by atoms with van der Waals surface area (Å²) in [5, 5.41) is 0.736. The van der Waals surface area contributed by atoms with Crippen LogP contribution >= 0.6 is 27.5 Å². The van der Waals surface area contributed by atoms with Gasteiger partial charge in [-0.2, -0.15) is 0 Å². The fraction of sp³-hybridized carbons (Fsp3) is 0.500. The Balaban J connectivity index is 2.15. The zero-order valence-corrected chi connectivity index (χ0v) is 13.0. The molecular formula is C14H18BrClN2. The quantitative estimate of drug-likeness (QED) is 0.756. The molecule has 0 radical (unpaired) electrons. The maximum absolute atomic E-state index is 5.94. The smallest absolute Gasteiger partial charge is 0.105 e. The number of benzene rings is 1. The van der Waals surface area contributed by atoms with E-state index in [9.17, 15) is 0 Å². The number of hydrogen-bond donors (Lipinski definition) is 0. The Morgan fingerprint density at radius 1 is 1.44 bits per heavy atom. The molecular weight excluding hydrogens is 312 g/mol. The maximum atomic E-state index is 5.94. The predicted octanol–water partition coefficient (Wildman–Crippen LogP) is 5.03. The zero-order chi connectivity index (χ0) is 13.0. The minimum Gasteiger partial charge on any atom is -0.360 e. The lowest BCUT2D eigenvalue weighted by Gasteiger charge is -2.18.